The van der Waals surface area contributed by atoms with E-state index < -0.39 is 9.84 Å². The van der Waals surface area contributed by atoms with Crippen molar-refractivity contribution in [2.24, 2.45) is 0 Å². The zero-order valence-corrected chi connectivity index (χ0v) is 13.2. The van der Waals surface area contributed by atoms with Gasteiger partial charge >= 0.3 is 0 Å². The third-order valence-electron chi connectivity index (χ3n) is 3.85. The fourth-order valence-corrected chi connectivity index (χ4v) is 3.94. The maximum absolute atomic E-state index is 12.8. The molecule has 0 radical (unpaired) electrons. The average molecular weight is 306 g/mol. The molecule has 2 rings (SSSR count). The Labute approximate surface area is 124 Å². The molecule has 0 aliphatic carbocycles. The van der Waals surface area contributed by atoms with Crippen LogP contribution in [0.3, 0.4) is 0 Å². The van der Waals surface area contributed by atoms with Crippen molar-refractivity contribution in [1.82, 2.24) is 0 Å². The zero-order valence-electron chi connectivity index (χ0n) is 12.4. The van der Waals surface area contributed by atoms with Crippen molar-refractivity contribution in [2.45, 2.75) is 37.5 Å². The standard InChI is InChI=1S/C16H18O4S/c1-9-5-6-14(17)16(12(9)4)21(19,20)13-7-10(2)11(3)15(18)8-13/h5-8,17-18H,1-4H3. The molecule has 0 atom stereocenters. The van der Waals surface area contributed by atoms with Crippen LogP contribution < -0.4 is 0 Å². The molecule has 112 valence electrons. The fraction of sp³-hybridized carbons (Fsp3) is 0.250. The summed E-state index contributed by atoms with van der Waals surface area (Å²) in [7, 11) is -3.89. The Bertz CT molecular complexity index is 797. The minimum atomic E-state index is -3.89. The van der Waals surface area contributed by atoms with Crippen LogP contribution in [0.2, 0.25) is 0 Å². The molecule has 0 bridgehead atoms. The van der Waals surface area contributed by atoms with Gasteiger partial charge in [0.1, 0.15) is 16.4 Å². The van der Waals surface area contributed by atoms with Gasteiger partial charge in [0.15, 0.2) is 0 Å². The summed E-state index contributed by atoms with van der Waals surface area (Å²) in [6, 6.07) is 5.77. The molecular weight excluding hydrogens is 288 g/mol. The molecule has 2 N–H and O–H groups in total. The molecular formula is C16H18O4S. The summed E-state index contributed by atoms with van der Waals surface area (Å²) in [5.41, 5.74) is 2.60. The minimum absolute atomic E-state index is 0.0212. The van der Waals surface area contributed by atoms with Crippen molar-refractivity contribution in [2.75, 3.05) is 0 Å². The van der Waals surface area contributed by atoms with Crippen LogP contribution in [0.15, 0.2) is 34.1 Å². The van der Waals surface area contributed by atoms with Gasteiger partial charge < -0.3 is 10.2 Å². The quantitative estimate of drug-likeness (QED) is 0.893. The van der Waals surface area contributed by atoms with E-state index in [1.54, 1.807) is 33.8 Å². The molecule has 2 aromatic rings. The number of hydrogen-bond donors (Lipinski definition) is 2. The molecule has 21 heavy (non-hydrogen) atoms. The highest BCUT2D eigenvalue weighted by Crippen LogP contribution is 2.35. The van der Waals surface area contributed by atoms with Gasteiger partial charge in [-0.25, -0.2) is 8.42 Å². The molecule has 5 heteroatoms. The molecule has 2 aromatic carbocycles. The van der Waals surface area contributed by atoms with Gasteiger partial charge in [-0.3, -0.25) is 0 Å². The first kappa shape index (κ1) is 15.4. The molecule has 0 unspecified atom stereocenters. The number of benzene rings is 2. The van der Waals surface area contributed by atoms with Gasteiger partial charge in [-0.1, -0.05) is 6.07 Å². The second kappa shape index (κ2) is 5.07. The molecule has 0 saturated heterocycles. The Morgan fingerprint density at radius 1 is 0.810 bits per heavy atom. The third kappa shape index (κ3) is 2.49. The molecule has 0 aliphatic heterocycles. The van der Waals surface area contributed by atoms with Crippen molar-refractivity contribution < 1.29 is 18.6 Å². The van der Waals surface area contributed by atoms with Crippen LogP contribution in [0.25, 0.3) is 0 Å². The molecule has 4 nitrogen and oxygen atoms in total. The highest BCUT2D eigenvalue weighted by atomic mass is 32.2. The summed E-state index contributed by atoms with van der Waals surface area (Å²) in [4.78, 5) is -0.128. The third-order valence-corrected chi connectivity index (χ3v) is 5.76. The van der Waals surface area contributed by atoms with E-state index in [-0.39, 0.29) is 21.3 Å². The SMILES string of the molecule is Cc1cc(S(=O)(=O)c2c(O)ccc(C)c2C)cc(O)c1C. The molecule has 0 amide bonds. The number of hydrogen-bond acceptors (Lipinski definition) is 4. The first-order valence-corrected chi connectivity index (χ1v) is 7.99. The van der Waals surface area contributed by atoms with Crippen LogP contribution in [0, 0.1) is 27.7 Å². The Morgan fingerprint density at radius 2 is 1.43 bits per heavy atom. The van der Waals surface area contributed by atoms with Gasteiger partial charge in [-0.05, 0) is 68.1 Å². The number of aromatic hydroxyl groups is 2. The predicted octanol–water partition coefficient (Wildman–Crippen LogP) is 3.16. The summed E-state index contributed by atoms with van der Waals surface area (Å²) in [5, 5.41) is 19.8. The van der Waals surface area contributed by atoms with Crippen LogP contribution >= 0.6 is 0 Å². The molecule has 0 spiro atoms. The fourth-order valence-electron chi connectivity index (χ4n) is 2.20. The molecule has 0 aliphatic rings. The largest absolute Gasteiger partial charge is 0.508 e. The monoisotopic (exact) mass is 306 g/mol. The van der Waals surface area contributed by atoms with Crippen LogP contribution in [-0.2, 0) is 9.84 Å². The summed E-state index contributed by atoms with van der Waals surface area (Å²) in [5.74, 6) is -0.353. The highest BCUT2D eigenvalue weighted by Gasteiger charge is 2.25. The predicted molar refractivity (Wildman–Crippen MR) is 80.6 cm³/mol. The van der Waals surface area contributed by atoms with Gasteiger partial charge in [0.2, 0.25) is 9.84 Å². The Balaban J connectivity index is 2.78. The maximum atomic E-state index is 12.8. The van der Waals surface area contributed by atoms with Crippen LogP contribution in [-0.4, -0.2) is 18.6 Å². The van der Waals surface area contributed by atoms with Gasteiger partial charge in [0.05, 0.1) is 4.90 Å². The summed E-state index contributed by atoms with van der Waals surface area (Å²) >= 11 is 0. The summed E-state index contributed by atoms with van der Waals surface area (Å²) in [6.45, 7) is 6.89. The lowest BCUT2D eigenvalue weighted by molar-refractivity contribution is 0.456. The van der Waals surface area contributed by atoms with E-state index in [0.29, 0.717) is 16.7 Å². The number of rotatable bonds is 2. The second-order valence-corrected chi connectivity index (χ2v) is 7.13. The van der Waals surface area contributed by atoms with E-state index in [0.717, 1.165) is 5.56 Å². The summed E-state index contributed by atoms with van der Waals surface area (Å²) in [6.07, 6.45) is 0. The van der Waals surface area contributed by atoms with Crippen molar-refractivity contribution in [3.63, 3.8) is 0 Å². The van der Waals surface area contributed by atoms with Gasteiger partial charge in [-0.15, -0.1) is 0 Å². The Morgan fingerprint density at radius 3 is 2.00 bits per heavy atom. The van der Waals surface area contributed by atoms with E-state index >= 15 is 0 Å². The van der Waals surface area contributed by atoms with E-state index in [9.17, 15) is 18.6 Å². The average Bonchev–Trinajstić information content (AvgIpc) is 2.40. The maximum Gasteiger partial charge on any atom is 0.210 e. The van der Waals surface area contributed by atoms with Crippen LogP contribution in [0.1, 0.15) is 22.3 Å². The van der Waals surface area contributed by atoms with Gasteiger partial charge in [0, 0.05) is 0 Å². The highest BCUT2D eigenvalue weighted by molar-refractivity contribution is 7.91. The lowest BCUT2D eigenvalue weighted by atomic mass is 10.1. The van der Waals surface area contributed by atoms with Gasteiger partial charge in [0.25, 0.3) is 0 Å². The lowest BCUT2D eigenvalue weighted by Crippen LogP contribution is -2.06. The van der Waals surface area contributed by atoms with Crippen molar-refractivity contribution in [3.05, 3.63) is 46.5 Å². The number of sulfone groups is 1. The first-order chi connectivity index (χ1) is 9.66. The second-order valence-electron chi connectivity index (χ2n) is 5.24. The molecule has 0 saturated carbocycles. The van der Waals surface area contributed by atoms with E-state index in [2.05, 4.69) is 0 Å². The number of phenolic OH excluding ortho intramolecular Hbond substituents is 2. The van der Waals surface area contributed by atoms with Crippen LogP contribution in [0.4, 0.5) is 0 Å². The van der Waals surface area contributed by atoms with E-state index in [1.807, 2.05) is 0 Å². The molecule has 0 heterocycles. The lowest BCUT2D eigenvalue weighted by Gasteiger charge is -2.13. The normalized spacial score (nSPS) is 11.6. The smallest absolute Gasteiger partial charge is 0.210 e. The molecule has 0 fully saturated rings. The van der Waals surface area contributed by atoms with Crippen molar-refractivity contribution >= 4 is 9.84 Å². The summed E-state index contributed by atoms with van der Waals surface area (Å²) < 4.78 is 25.5. The minimum Gasteiger partial charge on any atom is -0.508 e. The number of aryl methyl sites for hydroxylation is 2. The number of phenols is 2. The van der Waals surface area contributed by atoms with Crippen LogP contribution in [0.5, 0.6) is 11.5 Å². The van der Waals surface area contributed by atoms with E-state index in [4.69, 9.17) is 0 Å². The van der Waals surface area contributed by atoms with Crippen molar-refractivity contribution in [1.29, 1.82) is 0 Å². The first-order valence-electron chi connectivity index (χ1n) is 6.50. The van der Waals surface area contributed by atoms with Crippen molar-refractivity contribution in [3.8, 4) is 11.5 Å². The Kier molecular flexibility index (Phi) is 3.72. The zero-order chi connectivity index (χ0) is 15.9. The Hall–Kier alpha value is -2.01. The molecule has 0 aromatic heterocycles. The van der Waals surface area contributed by atoms with E-state index in [1.165, 1.54) is 18.2 Å². The topological polar surface area (TPSA) is 74.6 Å². The van der Waals surface area contributed by atoms with Gasteiger partial charge in [-0.2, -0.15) is 0 Å².